The normalized spacial score (nSPS) is 18.1. The quantitative estimate of drug-likeness (QED) is 0.633. The van der Waals surface area contributed by atoms with Gasteiger partial charge in [0.1, 0.15) is 5.82 Å². The maximum atomic E-state index is 13.1. The number of nitrogens with one attached hydrogen (secondary N) is 2. The monoisotopic (exact) mass is 442 g/mol. The zero-order chi connectivity index (χ0) is 20.8. The molecule has 0 saturated carbocycles. The molecule has 1 saturated heterocycles. The molecule has 3 aromatic rings. The van der Waals surface area contributed by atoms with Crippen molar-refractivity contribution in [3.8, 4) is 0 Å². The van der Waals surface area contributed by atoms with Crippen molar-refractivity contribution < 1.29 is 4.79 Å². The van der Waals surface area contributed by atoms with Crippen molar-refractivity contribution >= 4 is 41.4 Å². The fourth-order valence-electron chi connectivity index (χ4n) is 4.43. The van der Waals surface area contributed by atoms with Crippen molar-refractivity contribution in [1.29, 1.82) is 0 Å². The molecule has 0 aromatic carbocycles. The van der Waals surface area contributed by atoms with Crippen LogP contribution >= 0.6 is 12.4 Å². The molecule has 9 nitrogen and oxygen atoms in total. The van der Waals surface area contributed by atoms with Crippen LogP contribution < -0.4 is 20.4 Å². The van der Waals surface area contributed by atoms with E-state index in [1.807, 2.05) is 24.4 Å². The average Bonchev–Trinajstić information content (AvgIpc) is 3.31. The van der Waals surface area contributed by atoms with Crippen LogP contribution in [0.25, 0.3) is 5.65 Å². The van der Waals surface area contributed by atoms with E-state index in [9.17, 15) is 4.79 Å². The number of fused-ring (bicyclic) bond motifs is 2. The van der Waals surface area contributed by atoms with Crippen LogP contribution in [-0.4, -0.2) is 57.6 Å². The highest BCUT2D eigenvalue weighted by molar-refractivity contribution is 6.02. The Morgan fingerprint density at radius 2 is 2.06 bits per heavy atom. The lowest BCUT2D eigenvalue weighted by Gasteiger charge is -2.34. The number of anilines is 3. The fourth-order valence-corrected chi connectivity index (χ4v) is 4.43. The van der Waals surface area contributed by atoms with Gasteiger partial charge in [-0.1, -0.05) is 0 Å². The van der Waals surface area contributed by atoms with Crippen LogP contribution in [0, 0.1) is 13.8 Å². The van der Waals surface area contributed by atoms with E-state index in [-0.39, 0.29) is 18.4 Å². The highest BCUT2D eigenvalue weighted by Crippen LogP contribution is 2.34. The summed E-state index contributed by atoms with van der Waals surface area (Å²) in [4.78, 5) is 30.7. The van der Waals surface area contributed by atoms with E-state index in [0.29, 0.717) is 18.4 Å². The van der Waals surface area contributed by atoms with E-state index < -0.39 is 0 Å². The first-order valence-electron chi connectivity index (χ1n) is 10.4. The third-order valence-corrected chi connectivity index (χ3v) is 5.76. The SMILES string of the molecule is Cc1cn2cc(NC(=O)N3CCc4c(N5CCN[C@@H](C)C5)ccnc43)nc(C)c2n1.Cl. The summed E-state index contributed by atoms with van der Waals surface area (Å²) in [5.41, 5.74) is 4.82. The number of nitrogens with zero attached hydrogens (tertiary/aromatic N) is 6. The van der Waals surface area contributed by atoms with Gasteiger partial charge in [0, 0.05) is 55.9 Å². The molecule has 0 spiro atoms. The maximum Gasteiger partial charge on any atom is 0.328 e. The van der Waals surface area contributed by atoms with Gasteiger partial charge in [0.05, 0.1) is 17.6 Å². The highest BCUT2D eigenvalue weighted by atomic mass is 35.5. The van der Waals surface area contributed by atoms with Crippen LogP contribution in [0.3, 0.4) is 0 Å². The molecule has 2 aliphatic heterocycles. The van der Waals surface area contributed by atoms with E-state index >= 15 is 0 Å². The second kappa shape index (κ2) is 8.32. The van der Waals surface area contributed by atoms with Crippen molar-refractivity contribution in [2.45, 2.75) is 33.2 Å². The number of carbonyl (C=O) groups is 1. The summed E-state index contributed by atoms with van der Waals surface area (Å²) < 4.78 is 1.90. The van der Waals surface area contributed by atoms with Crippen molar-refractivity contribution in [2.24, 2.45) is 0 Å². The summed E-state index contributed by atoms with van der Waals surface area (Å²) >= 11 is 0. The van der Waals surface area contributed by atoms with Crippen LogP contribution in [0.1, 0.15) is 23.9 Å². The lowest BCUT2D eigenvalue weighted by atomic mass is 10.1. The van der Waals surface area contributed by atoms with Crippen molar-refractivity contribution in [3.63, 3.8) is 0 Å². The van der Waals surface area contributed by atoms with Gasteiger partial charge in [-0.3, -0.25) is 10.2 Å². The molecular weight excluding hydrogens is 416 g/mol. The number of amides is 2. The molecule has 5 rings (SSSR count). The molecule has 0 unspecified atom stereocenters. The smallest absolute Gasteiger partial charge is 0.328 e. The molecule has 0 aliphatic carbocycles. The van der Waals surface area contributed by atoms with Crippen LogP contribution in [0.4, 0.5) is 22.1 Å². The van der Waals surface area contributed by atoms with Gasteiger partial charge in [-0.2, -0.15) is 0 Å². The van der Waals surface area contributed by atoms with E-state index in [1.165, 1.54) is 5.69 Å². The number of aryl methyl sites for hydroxylation is 2. The summed E-state index contributed by atoms with van der Waals surface area (Å²) in [6.07, 6.45) is 6.32. The number of imidazole rings is 1. The first-order chi connectivity index (χ1) is 14.5. The van der Waals surface area contributed by atoms with Crippen LogP contribution in [0.5, 0.6) is 0 Å². The Balaban J connectivity index is 0.00000231. The van der Waals surface area contributed by atoms with Gasteiger partial charge in [-0.05, 0) is 33.3 Å². The van der Waals surface area contributed by atoms with Gasteiger partial charge >= 0.3 is 6.03 Å². The summed E-state index contributed by atoms with van der Waals surface area (Å²) in [6.45, 7) is 9.51. The predicted octanol–water partition coefficient (Wildman–Crippen LogP) is 2.56. The average molecular weight is 443 g/mol. The lowest BCUT2D eigenvalue weighted by molar-refractivity contribution is 0.257. The number of carbonyl (C=O) groups excluding carboxylic acids is 1. The van der Waals surface area contributed by atoms with Gasteiger partial charge in [0.25, 0.3) is 0 Å². The number of rotatable bonds is 2. The molecule has 31 heavy (non-hydrogen) atoms. The van der Waals surface area contributed by atoms with Crippen LogP contribution in [0.15, 0.2) is 24.7 Å². The predicted molar refractivity (Wildman–Crippen MR) is 124 cm³/mol. The number of hydrogen-bond acceptors (Lipinski definition) is 6. The van der Waals surface area contributed by atoms with E-state index in [4.69, 9.17) is 0 Å². The number of aromatic nitrogens is 4. The Kier molecular flexibility index (Phi) is 5.72. The Morgan fingerprint density at radius 3 is 2.87 bits per heavy atom. The molecule has 164 valence electrons. The van der Waals surface area contributed by atoms with E-state index in [0.717, 1.165) is 54.5 Å². The molecule has 10 heteroatoms. The highest BCUT2D eigenvalue weighted by Gasteiger charge is 2.30. The zero-order valence-electron chi connectivity index (χ0n) is 17.9. The number of urea groups is 1. The summed E-state index contributed by atoms with van der Waals surface area (Å²) in [7, 11) is 0. The lowest BCUT2D eigenvalue weighted by Crippen LogP contribution is -2.49. The minimum Gasteiger partial charge on any atom is -0.368 e. The topological polar surface area (TPSA) is 90.7 Å². The molecule has 0 bridgehead atoms. The third-order valence-electron chi connectivity index (χ3n) is 5.76. The van der Waals surface area contributed by atoms with Crippen molar-refractivity contribution in [3.05, 3.63) is 41.6 Å². The second-order valence-electron chi connectivity index (χ2n) is 8.09. The number of hydrogen-bond donors (Lipinski definition) is 2. The molecule has 0 radical (unpaired) electrons. The number of piperazine rings is 1. The maximum absolute atomic E-state index is 13.1. The van der Waals surface area contributed by atoms with Gasteiger partial charge in [-0.15, -0.1) is 12.4 Å². The number of pyridine rings is 1. The van der Waals surface area contributed by atoms with Crippen molar-refractivity contribution in [1.82, 2.24) is 24.7 Å². The first kappa shape index (κ1) is 21.3. The molecule has 2 N–H and O–H groups in total. The molecule has 3 aromatic heterocycles. The largest absolute Gasteiger partial charge is 0.368 e. The van der Waals surface area contributed by atoms with Crippen LogP contribution in [0.2, 0.25) is 0 Å². The van der Waals surface area contributed by atoms with Crippen LogP contribution in [-0.2, 0) is 6.42 Å². The summed E-state index contributed by atoms with van der Waals surface area (Å²) in [5.74, 6) is 1.25. The third kappa shape index (κ3) is 3.90. The molecule has 5 heterocycles. The van der Waals surface area contributed by atoms with Gasteiger partial charge in [0.15, 0.2) is 11.5 Å². The molecule has 2 aliphatic rings. The van der Waals surface area contributed by atoms with Gasteiger partial charge < -0.3 is 14.6 Å². The minimum atomic E-state index is -0.213. The Hall–Kier alpha value is -2.91. The summed E-state index contributed by atoms with van der Waals surface area (Å²) in [5, 5.41) is 6.41. The summed E-state index contributed by atoms with van der Waals surface area (Å²) in [6, 6.07) is 2.30. The first-order valence-corrected chi connectivity index (χ1v) is 10.4. The Morgan fingerprint density at radius 1 is 1.23 bits per heavy atom. The molecule has 2 amide bonds. The van der Waals surface area contributed by atoms with Crippen molar-refractivity contribution in [2.75, 3.05) is 41.3 Å². The second-order valence-corrected chi connectivity index (χ2v) is 8.09. The zero-order valence-corrected chi connectivity index (χ0v) is 18.7. The van der Waals surface area contributed by atoms with E-state index in [2.05, 4.69) is 43.5 Å². The molecular formula is C21H27ClN8O. The minimum absolute atomic E-state index is 0. The van der Waals surface area contributed by atoms with Gasteiger partial charge in [-0.25, -0.2) is 19.7 Å². The fraction of sp³-hybridized carbons (Fsp3) is 0.429. The molecule has 1 fully saturated rings. The Labute approximate surface area is 187 Å². The number of halogens is 1. The molecule has 1 atom stereocenters. The Bertz CT molecular complexity index is 1130. The van der Waals surface area contributed by atoms with E-state index in [1.54, 1.807) is 17.3 Å². The van der Waals surface area contributed by atoms with Gasteiger partial charge in [0.2, 0.25) is 0 Å². The standard InChI is InChI=1S/C21H26N8O.ClH/c1-13-10-27(9-7-22-13)17-4-6-23-20-16(17)5-8-29(20)21(30)26-18-12-28-11-14(2)24-19(28)15(3)25-18;/h4,6,11-13,22H,5,7-10H2,1-3H3,(H,26,30);1H/t13-;/m0./s1.